The number of ether oxygens (including phenoxy) is 3. The molecule has 0 aromatic heterocycles. The van der Waals surface area contributed by atoms with Crippen LogP contribution in [-0.2, 0) is 9.57 Å². The van der Waals surface area contributed by atoms with Gasteiger partial charge in [-0.2, -0.15) is 0 Å². The van der Waals surface area contributed by atoms with Crippen molar-refractivity contribution in [3.63, 3.8) is 0 Å². The van der Waals surface area contributed by atoms with Gasteiger partial charge in [0.05, 0.1) is 25.0 Å². The van der Waals surface area contributed by atoms with Crippen LogP contribution in [0.4, 0.5) is 0 Å². The normalized spacial score (nSPS) is 26.4. The molecule has 1 aromatic rings. The van der Waals surface area contributed by atoms with Crippen molar-refractivity contribution in [3.8, 4) is 11.5 Å². The highest BCUT2D eigenvalue weighted by Gasteiger charge is 2.39. The van der Waals surface area contributed by atoms with Crippen LogP contribution in [0.1, 0.15) is 57.4 Å². The van der Waals surface area contributed by atoms with Crippen LogP contribution in [0.15, 0.2) is 24.3 Å². The molecule has 1 aromatic carbocycles. The molecule has 3 aliphatic rings. The van der Waals surface area contributed by atoms with Gasteiger partial charge in [0.1, 0.15) is 5.60 Å². The minimum Gasteiger partial charge on any atom is -0.490 e. The first-order valence-corrected chi connectivity index (χ1v) is 9.96. The van der Waals surface area contributed by atoms with E-state index in [1.54, 1.807) is 0 Å². The minimum atomic E-state index is -0.323. The summed E-state index contributed by atoms with van der Waals surface area (Å²) in [4.78, 5) is 5.79. The Hall–Kier alpha value is -1.72. The van der Waals surface area contributed by atoms with Crippen LogP contribution >= 0.6 is 0 Å². The molecule has 2 fully saturated rings. The van der Waals surface area contributed by atoms with Gasteiger partial charge in [0, 0.05) is 18.6 Å². The first kappa shape index (κ1) is 17.7. The van der Waals surface area contributed by atoms with Gasteiger partial charge in [0.15, 0.2) is 11.5 Å². The van der Waals surface area contributed by atoms with Crippen LogP contribution in [0, 0.1) is 0 Å². The van der Waals surface area contributed by atoms with Crippen molar-refractivity contribution < 1.29 is 19.0 Å². The zero-order valence-corrected chi connectivity index (χ0v) is 15.6. The molecule has 26 heavy (non-hydrogen) atoms. The lowest BCUT2D eigenvalue weighted by molar-refractivity contribution is -0.0373. The van der Waals surface area contributed by atoms with E-state index in [2.05, 4.69) is 17.6 Å². The molecule has 1 N–H and O–H groups in total. The van der Waals surface area contributed by atoms with Gasteiger partial charge in [-0.05, 0) is 56.9 Å². The highest BCUT2D eigenvalue weighted by atomic mass is 16.7. The summed E-state index contributed by atoms with van der Waals surface area (Å²) in [6, 6.07) is 6.15. The highest BCUT2D eigenvalue weighted by Crippen LogP contribution is 2.37. The average Bonchev–Trinajstić information content (AvgIpc) is 3.21. The molecule has 1 aliphatic carbocycles. The molecule has 1 atom stereocenters. The third-order valence-corrected chi connectivity index (χ3v) is 5.44. The van der Waals surface area contributed by atoms with Crippen molar-refractivity contribution in [1.29, 1.82) is 0 Å². The molecule has 1 unspecified atom stereocenters. The molecule has 2 aliphatic heterocycles. The number of benzene rings is 1. The summed E-state index contributed by atoms with van der Waals surface area (Å²) in [6.07, 6.45) is 10.7. The third-order valence-electron chi connectivity index (χ3n) is 5.44. The van der Waals surface area contributed by atoms with E-state index < -0.39 is 0 Å². The first-order chi connectivity index (χ1) is 12.8. The second-order valence-corrected chi connectivity index (χ2v) is 7.46. The summed E-state index contributed by atoms with van der Waals surface area (Å²) in [5.41, 5.74) is 4.76. The Labute approximate surface area is 155 Å². The number of rotatable bonds is 5. The Bertz CT molecular complexity index is 643. The molecule has 4 rings (SSSR count). The van der Waals surface area contributed by atoms with Gasteiger partial charge < -0.3 is 14.2 Å². The molecule has 0 bridgehead atoms. The van der Waals surface area contributed by atoms with E-state index in [1.165, 1.54) is 25.7 Å². The van der Waals surface area contributed by atoms with E-state index >= 15 is 0 Å². The summed E-state index contributed by atoms with van der Waals surface area (Å²) < 4.78 is 17.7. The van der Waals surface area contributed by atoms with Crippen molar-refractivity contribution >= 4 is 5.70 Å². The largest absolute Gasteiger partial charge is 0.490 e. The number of hydrogen-bond donors (Lipinski definition) is 1. The minimum absolute atomic E-state index is 0.300. The second kappa shape index (κ2) is 7.89. The molecule has 5 heteroatoms. The summed E-state index contributed by atoms with van der Waals surface area (Å²) >= 11 is 0. The van der Waals surface area contributed by atoms with Crippen LogP contribution in [0.2, 0.25) is 0 Å². The fourth-order valence-corrected chi connectivity index (χ4v) is 3.96. The number of nitrogens with one attached hydrogen (secondary N) is 1. The van der Waals surface area contributed by atoms with Gasteiger partial charge in [-0.1, -0.05) is 12.8 Å². The molecule has 1 spiro atoms. The monoisotopic (exact) mass is 359 g/mol. The van der Waals surface area contributed by atoms with Crippen LogP contribution in [0.3, 0.4) is 0 Å². The van der Waals surface area contributed by atoms with Gasteiger partial charge in [0.2, 0.25) is 0 Å². The van der Waals surface area contributed by atoms with Gasteiger partial charge in [-0.15, -0.1) is 0 Å². The molecule has 2 heterocycles. The topological polar surface area (TPSA) is 49.0 Å². The molecule has 142 valence electrons. The van der Waals surface area contributed by atoms with Crippen molar-refractivity contribution in [2.45, 2.75) is 63.6 Å². The van der Waals surface area contributed by atoms with E-state index in [-0.39, 0.29) is 5.60 Å². The zero-order chi connectivity index (χ0) is 17.8. The van der Waals surface area contributed by atoms with Crippen LogP contribution in [0.5, 0.6) is 11.5 Å². The predicted molar refractivity (Wildman–Crippen MR) is 100 cm³/mol. The summed E-state index contributed by atoms with van der Waals surface area (Å²) in [5.74, 6) is 1.65. The smallest absolute Gasteiger partial charge is 0.161 e. The van der Waals surface area contributed by atoms with E-state index in [1.807, 2.05) is 19.1 Å². The maximum atomic E-state index is 6.31. The summed E-state index contributed by atoms with van der Waals surface area (Å²) in [5, 5.41) is 0. The van der Waals surface area contributed by atoms with Gasteiger partial charge in [0.25, 0.3) is 0 Å². The molecule has 0 amide bonds. The summed E-state index contributed by atoms with van der Waals surface area (Å²) in [7, 11) is 0. The van der Waals surface area contributed by atoms with E-state index in [4.69, 9.17) is 19.0 Å². The molecule has 5 nitrogen and oxygen atoms in total. The standard InChI is InChI=1S/C21H29NO4/c1-2-24-20-13-16(18-14-21(26-22-18)11-12-23-15-21)9-10-19(20)25-17-7-5-3-4-6-8-17/h9-10,13-14,17,22H,2-8,11-12,15H2,1H3. The highest BCUT2D eigenvalue weighted by molar-refractivity contribution is 5.68. The van der Waals surface area contributed by atoms with E-state index in [9.17, 15) is 0 Å². The number of hydroxylamine groups is 1. The Balaban J connectivity index is 1.53. The Morgan fingerprint density at radius 2 is 2.00 bits per heavy atom. The maximum Gasteiger partial charge on any atom is 0.161 e. The third kappa shape index (κ3) is 3.84. The average molecular weight is 359 g/mol. The molecule has 1 saturated carbocycles. The molecular weight excluding hydrogens is 330 g/mol. The zero-order valence-electron chi connectivity index (χ0n) is 15.6. The predicted octanol–water partition coefficient (Wildman–Crippen LogP) is 4.22. The van der Waals surface area contributed by atoms with Gasteiger partial charge in [-0.3, -0.25) is 10.3 Å². The fraction of sp³-hybridized carbons (Fsp3) is 0.619. The van der Waals surface area contributed by atoms with Crippen molar-refractivity contribution in [2.24, 2.45) is 0 Å². The second-order valence-electron chi connectivity index (χ2n) is 7.46. The van der Waals surface area contributed by atoms with Crippen LogP contribution < -0.4 is 15.0 Å². The van der Waals surface area contributed by atoms with Crippen LogP contribution in [-0.4, -0.2) is 31.5 Å². The lowest BCUT2D eigenvalue weighted by Gasteiger charge is -2.20. The molecular formula is C21H29NO4. The Morgan fingerprint density at radius 1 is 1.15 bits per heavy atom. The Morgan fingerprint density at radius 3 is 2.73 bits per heavy atom. The molecule has 1 saturated heterocycles. The number of hydrogen-bond acceptors (Lipinski definition) is 5. The van der Waals surface area contributed by atoms with E-state index in [0.29, 0.717) is 19.3 Å². The van der Waals surface area contributed by atoms with Crippen LogP contribution in [0.25, 0.3) is 5.70 Å². The summed E-state index contributed by atoms with van der Waals surface area (Å²) in [6.45, 7) is 3.96. The van der Waals surface area contributed by atoms with Gasteiger partial charge in [-0.25, -0.2) is 0 Å². The maximum absolute atomic E-state index is 6.31. The quantitative estimate of drug-likeness (QED) is 0.798. The van der Waals surface area contributed by atoms with E-state index in [0.717, 1.165) is 48.6 Å². The van der Waals surface area contributed by atoms with Crippen molar-refractivity contribution in [3.05, 3.63) is 29.8 Å². The van der Waals surface area contributed by atoms with Crippen molar-refractivity contribution in [1.82, 2.24) is 5.48 Å². The fourth-order valence-electron chi connectivity index (χ4n) is 3.96. The Kier molecular flexibility index (Phi) is 5.36. The van der Waals surface area contributed by atoms with Crippen molar-refractivity contribution in [2.75, 3.05) is 19.8 Å². The lowest BCUT2D eigenvalue weighted by atomic mass is 10.0. The van der Waals surface area contributed by atoms with Gasteiger partial charge >= 0.3 is 0 Å². The SMILES string of the molecule is CCOc1cc(C2=CC3(CCOC3)ON2)ccc1OC1CCCCCC1. The first-order valence-electron chi connectivity index (χ1n) is 9.96. The lowest BCUT2D eigenvalue weighted by Crippen LogP contribution is -2.29. The molecule has 0 radical (unpaired) electrons.